The Labute approximate surface area is 186 Å². The zero-order valence-corrected chi connectivity index (χ0v) is 18.4. The number of fused-ring (bicyclic) bond motifs is 1. The number of aromatic nitrogens is 2. The summed E-state index contributed by atoms with van der Waals surface area (Å²) in [4.78, 5) is 19.8. The van der Waals surface area contributed by atoms with Crippen molar-refractivity contribution in [2.45, 2.75) is 25.4 Å². The summed E-state index contributed by atoms with van der Waals surface area (Å²) in [6, 6.07) is 19.2. The molecule has 5 nitrogen and oxygen atoms in total. The summed E-state index contributed by atoms with van der Waals surface area (Å²) >= 11 is 1.52. The molecule has 0 spiro atoms. The van der Waals surface area contributed by atoms with Crippen LogP contribution in [0.1, 0.15) is 28.9 Å². The van der Waals surface area contributed by atoms with E-state index in [1.165, 1.54) is 27.8 Å². The number of thiazole rings is 1. The van der Waals surface area contributed by atoms with E-state index in [0.717, 1.165) is 43.0 Å². The fourth-order valence-corrected chi connectivity index (χ4v) is 5.06. The Morgan fingerprint density at radius 2 is 1.94 bits per heavy atom. The molecule has 6 heteroatoms. The molecule has 0 atom stereocenters. The lowest BCUT2D eigenvalue weighted by Crippen LogP contribution is -2.44. The molecule has 0 bridgehead atoms. The summed E-state index contributed by atoms with van der Waals surface area (Å²) in [6.45, 7) is 2.97. The zero-order chi connectivity index (χ0) is 21.2. The van der Waals surface area contributed by atoms with Gasteiger partial charge >= 0.3 is 0 Å². The maximum atomic E-state index is 12.8. The Balaban J connectivity index is 1.18. The van der Waals surface area contributed by atoms with Crippen LogP contribution in [0, 0.1) is 0 Å². The summed E-state index contributed by atoms with van der Waals surface area (Å²) in [5.74, 6) is -0.0650. The third kappa shape index (κ3) is 4.40. The van der Waals surface area contributed by atoms with Crippen molar-refractivity contribution in [1.82, 2.24) is 19.8 Å². The highest BCUT2D eigenvalue weighted by Gasteiger charge is 2.22. The number of carbonyl (C=O) groups is 1. The van der Waals surface area contributed by atoms with Crippen LogP contribution in [0.4, 0.5) is 0 Å². The van der Waals surface area contributed by atoms with Crippen molar-refractivity contribution in [3.8, 4) is 10.6 Å². The molecule has 0 unspecified atom stereocenters. The number of carbonyl (C=O) groups excluding carboxylic acids is 1. The number of likely N-dealkylation sites (tertiary alicyclic amines) is 1. The highest BCUT2D eigenvalue weighted by Crippen LogP contribution is 2.27. The molecular weight excluding hydrogens is 404 g/mol. The SMILES string of the molecule is Cn1ccc2cc(-c3nc(C(=O)NC4CCN(Cc5ccccc5)CC4)cs3)ccc21. The van der Waals surface area contributed by atoms with Gasteiger partial charge in [0, 0.05) is 60.8 Å². The van der Waals surface area contributed by atoms with Crippen molar-refractivity contribution in [3.05, 3.63) is 77.4 Å². The van der Waals surface area contributed by atoms with Crippen LogP contribution in [-0.2, 0) is 13.6 Å². The molecule has 1 fully saturated rings. The van der Waals surface area contributed by atoms with Crippen LogP contribution in [-0.4, -0.2) is 39.5 Å². The van der Waals surface area contributed by atoms with E-state index in [2.05, 4.69) is 80.6 Å². The van der Waals surface area contributed by atoms with E-state index >= 15 is 0 Å². The molecule has 4 aromatic rings. The number of piperidine rings is 1. The number of aryl methyl sites for hydroxylation is 1. The van der Waals surface area contributed by atoms with Gasteiger partial charge in [-0.3, -0.25) is 9.69 Å². The minimum Gasteiger partial charge on any atom is -0.351 e. The molecule has 1 aliphatic rings. The van der Waals surface area contributed by atoms with Crippen LogP contribution < -0.4 is 5.32 Å². The van der Waals surface area contributed by atoms with Crippen LogP contribution >= 0.6 is 11.3 Å². The molecule has 0 aliphatic carbocycles. The van der Waals surface area contributed by atoms with Gasteiger partial charge in [-0.05, 0) is 42.7 Å². The van der Waals surface area contributed by atoms with Gasteiger partial charge in [0.25, 0.3) is 5.91 Å². The summed E-state index contributed by atoms with van der Waals surface area (Å²) in [7, 11) is 2.04. The van der Waals surface area contributed by atoms with Crippen molar-refractivity contribution < 1.29 is 4.79 Å². The molecule has 158 valence electrons. The van der Waals surface area contributed by atoms with Gasteiger partial charge in [-0.15, -0.1) is 11.3 Å². The quantitative estimate of drug-likeness (QED) is 0.499. The first-order valence-electron chi connectivity index (χ1n) is 10.7. The molecule has 2 aromatic carbocycles. The van der Waals surface area contributed by atoms with Gasteiger partial charge < -0.3 is 9.88 Å². The van der Waals surface area contributed by atoms with E-state index in [1.54, 1.807) is 0 Å². The molecule has 1 N–H and O–H groups in total. The lowest BCUT2D eigenvalue weighted by Gasteiger charge is -2.32. The topological polar surface area (TPSA) is 50.2 Å². The number of rotatable bonds is 5. The Hall–Kier alpha value is -2.96. The minimum atomic E-state index is -0.0650. The average molecular weight is 431 g/mol. The van der Waals surface area contributed by atoms with Gasteiger partial charge in [0.1, 0.15) is 10.7 Å². The van der Waals surface area contributed by atoms with Crippen molar-refractivity contribution in [2.75, 3.05) is 13.1 Å². The monoisotopic (exact) mass is 430 g/mol. The van der Waals surface area contributed by atoms with Gasteiger partial charge in [-0.2, -0.15) is 0 Å². The van der Waals surface area contributed by atoms with Gasteiger partial charge in [0.05, 0.1) is 0 Å². The second-order valence-corrected chi connectivity index (χ2v) is 9.11. The zero-order valence-electron chi connectivity index (χ0n) is 17.6. The number of nitrogens with one attached hydrogen (secondary N) is 1. The van der Waals surface area contributed by atoms with Crippen LogP contribution in [0.3, 0.4) is 0 Å². The number of nitrogens with zero attached hydrogens (tertiary/aromatic N) is 3. The second-order valence-electron chi connectivity index (χ2n) is 8.25. The Bertz CT molecular complexity index is 1190. The molecule has 1 amide bonds. The van der Waals surface area contributed by atoms with Gasteiger partial charge in [0.2, 0.25) is 0 Å². The van der Waals surface area contributed by atoms with Crippen LogP contribution in [0.5, 0.6) is 0 Å². The molecular formula is C25H26N4OS. The fourth-order valence-electron chi connectivity index (χ4n) is 4.26. The minimum absolute atomic E-state index is 0.0650. The molecule has 0 radical (unpaired) electrons. The average Bonchev–Trinajstić information content (AvgIpc) is 3.43. The summed E-state index contributed by atoms with van der Waals surface area (Å²) in [6.07, 6.45) is 4.00. The molecule has 5 rings (SSSR count). The largest absolute Gasteiger partial charge is 0.351 e. The van der Waals surface area contributed by atoms with Crippen molar-refractivity contribution in [3.63, 3.8) is 0 Å². The second kappa shape index (κ2) is 8.65. The van der Waals surface area contributed by atoms with E-state index in [-0.39, 0.29) is 11.9 Å². The predicted molar refractivity (Wildman–Crippen MR) is 126 cm³/mol. The van der Waals surface area contributed by atoms with Crippen molar-refractivity contribution >= 4 is 28.1 Å². The smallest absolute Gasteiger partial charge is 0.270 e. The van der Waals surface area contributed by atoms with Crippen molar-refractivity contribution in [1.29, 1.82) is 0 Å². The highest BCUT2D eigenvalue weighted by molar-refractivity contribution is 7.13. The van der Waals surface area contributed by atoms with Gasteiger partial charge in [0.15, 0.2) is 0 Å². The first-order valence-corrected chi connectivity index (χ1v) is 11.6. The maximum Gasteiger partial charge on any atom is 0.270 e. The normalized spacial score (nSPS) is 15.4. The van der Waals surface area contributed by atoms with Crippen LogP contribution in [0.15, 0.2) is 66.2 Å². The third-order valence-corrected chi connectivity index (χ3v) is 6.93. The third-order valence-electron chi connectivity index (χ3n) is 6.04. The fraction of sp³-hybridized carbons (Fsp3) is 0.280. The molecule has 3 heterocycles. The van der Waals surface area contributed by atoms with Crippen LogP contribution in [0.25, 0.3) is 21.5 Å². The number of amides is 1. The van der Waals surface area contributed by atoms with Crippen LogP contribution in [0.2, 0.25) is 0 Å². The number of hydrogen-bond donors (Lipinski definition) is 1. The molecule has 31 heavy (non-hydrogen) atoms. The van der Waals surface area contributed by atoms with Gasteiger partial charge in [-0.1, -0.05) is 30.3 Å². The number of benzene rings is 2. The van der Waals surface area contributed by atoms with E-state index in [0.29, 0.717) is 5.69 Å². The summed E-state index contributed by atoms with van der Waals surface area (Å²) in [5.41, 5.74) is 4.10. The van der Waals surface area contributed by atoms with Gasteiger partial charge in [-0.25, -0.2) is 4.98 Å². The Morgan fingerprint density at radius 3 is 2.74 bits per heavy atom. The first-order chi connectivity index (χ1) is 15.2. The van der Waals surface area contributed by atoms with E-state index in [4.69, 9.17) is 0 Å². The van der Waals surface area contributed by atoms with E-state index < -0.39 is 0 Å². The Kier molecular flexibility index (Phi) is 5.57. The lowest BCUT2D eigenvalue weighted by atomic mass is 10.0. The predicted octanol–water partition coefficient (Wildman–Crippen LogP) is 4.70. The highest BCUT2D eigenvalue weighted by atomic mass is 32.1. The van der Waals surface area contributed by atoms with E-state index in [9.17, 15) is 4.79 Å². The lowest BCUT2D eigenvalue weighted by molar-refractivity contribution is 0.0904. The molecule has 0 saturated carbocycles. The van der Waals surface area contributed by atoms with Crippen molar-refractivity contribution in [2.24, 2.45) is 7.05 Å². The summed E-state index contributed by atoms with van der Waals surface area (Å²) < 4.78 is 2.10. The number of hydrogen-bond acceptors (Lipinski definition) is 4. The first kappa shape index (κ1) is 20.0. The molecule has 1 aliphatic heterocycles. The van der Waals surface area contributed by atoms with E-state index in [1.807, 2.05) is 12.4 Å². The summed E-state index contributed by atoms with van der Waals surface area (Å²) in [5, 5.41) is 7.12. The maximum absolute atomic E-state index is 12.8. The standard InChI is InChI=1S/C25H26N4OS/c1-28-12-9-19-15-20(7-8-23(19)28)25-27-22(17-31-25)24(30)26-21-10-13-29(14-11-21)16-18-5-3-2-4-6-18/h2-9,12,15,17,21H,10-11,13-14,16H2,1H3,(H,26,30). The Morgan fingerprint density at radius 1 is 1.13 bits per heavy atom. The molecule has 2 aromatic heterocycles. The molecule has 1 saturated heterocycles.